The van der Waals surface area contributed by atoms with E-state index in [4.69, 9.17) is 15.9 Å². The molecule has 0 saturated heterocycles. The third kappa shape index (κ3) is 4.62. The monoisotopic (exact) mass is 404 g/mol. The van der Waals surface area contributed by atoms with Gasteiger partial charge in [0.05, 0.1) is 21.0 Å². The highest BCUT2D eigenvalue weighted by Crippen LogP contribution is 2.39. The number of anilines is 2. The lowest BCUT2D eigenvalue weighted by Crippen LogP contribution is -2.23. The van der Waals surface area contributed by atoms with Gasteiger partial charge in [0, 0.05) is 18.7 Å². The van der Waals surface area contributed by atoms with Gasteiger partial charge in [0.25, 0.3) is 11.4 Å². The SMILES string of the molecule is NCCCN(c1ccc(C(=O)O)cc1[N+](=O)[O-])c1ccc(C(=O)O)cc1[N+](=O)[O-]. The fourth-order valence-electron chi connectivity index (χ4n) is 2.68. The van der Waals surface area contributed by atoms with Crippen LogP contribution in [0.5, 0.6) is 0 Å². The van der Waals surface area contributed by atoms with Gasteiger partial charge in [-0.1, -0.05) is 0 Å². The summed E-state index contributed by atoms with van der Waals surface area (Å²) < 4.78 is 0. The average molecular weight is 404 g/mol. The fourth-order valence-corrected chi connectivity index (χ4v) is 2.68. The molecule has 29 heavy (non-hydrogen) atoms. The fraction of sp³-hybridized carbons (Fsp3) is 0.176. The normalized spacial score (nSPS) is 10.4. The zero-order chi connectivity index (χ0) is 21.7. The second kappa shape index (κ2) is 8.75. The number of nitrogens with two attached hydrogens (primary N) is 1. The van der Waals surface area contributed by atoms with Crippen molar-refractivity contribution in [1.29, 1.82) is 0 Å². The van der Waals surface area contributed by atoms with Crippen molar-refractivity contribution in [2.75, 3.05) is 18.0 Å². The number of carboxylic acids is 2. The van der Waals surface area contributed by atoms with Crippen molar-refractivity contribution in [3.63, 3.8) is 0 Å². The minimum atomic E-state index is -1.37. The van der Waals surface area contributed by atoms with E-state index >= 15 is 0 Å². The van der Waals surface area contributed by atoms with Crippen LogP contribution in [0.4, 0.5) is 22.7 Å². The first-order valence-corrected chi connectivity index (χ1v) is 8.18. The minimum absolute atomic E-state index is 0.0387. The summed E-state index contributed by atoms with van der Waals surface area (Å²) in [6.07, 6.45) is 0.301. The Labute approximate surface area is 163 Å². The Bertz CT molecular complexity index is 916. The van der Waals surface area contributed by atoms with E-state index < -0.39 is 33.2 Å². The van der Waals surface area contributed by atoms with Crippen molar-refractivity contribution < 1.29 is 29.6 Å². The molecule has 0 spiro atoms. The van der Waals surface area contributed by atoms with Gasteiger partial charge in [0.1, 0.15) is 11.4 Å². The topological polar surface area (TPSA) is 190 Å². The Morgan fingerprint density at radius 2 is 1.31 bits per heavy atom. The Kier molecular flexibility index (Phi) is 6.41. The molecule has 12 nitrogen and oxygen atoms in total. The molecule has 152 valence electrons. The van der Waals surface area contributed by atoms with Gasteiger partial charge in [-0.2, -0.15) is 0 Å². The van der Waals surface area contributed by atoms with E-state index in [-0.39, 0.29) is 35.6 Å². The van der Waals surface area contributed by atoms with Crippen molar-refractivity contribution in [3.8, 4) is 0 Å². The van der Waals surface area contributed by atoms with E-state index in [1.165, 1.54) is 17.0 Å². The molecule has 2 aromatic carbocycles. The summed E-state index contributed by atoms with van der Waals surface area (Å²) in [5.41, 5.74) is 3.55. The zero-order valence-electron chi connectivity index (χ0n) is 14.8. The quantitative estimate of drug-likeness (QED) is 0.413. The predicted octanol–water partition coefficient (Wildman–Crippen LogP) is 2.39. The van der Waals surface area contributed by atoms with Crippen molar-refractivity contribution in [2.45, 2.75) is 6.42 Å². The van der Waals surface area contributed by atoms with Gasteiger partial charge < -0.3 is 20.8 Å². The van der Waals surface area contributed by atoms with Crippen LogP contribution in [-0.2, 0) is 0 Å². The molecule has 0 heterocycles. The molecule has 0 amide bonds. The molecule has 0 bridgehead atoms. The second-order valence-corrected chi connectivity index (χ2v) is 5.83. The Hall–Kier alpha value is -4.06. The number of rotatable bonds is 9. The number of benzene rings is 2. The summed E-state index contributed by atoms with van der Waals surface area (Å²) in [5.74, 6) is -2.74. The summed E-state index contributed by atoms with van der Waals surface area (Å²) in [5, 5.41) is 41.2. The van der Waals surface area contributed by atoms with Crippen LogP contribution in [0.25, 0.3) is 0 Å². The number of nitro benzene ring substituents is 2. The zero-order valence-corrected chi connectivity index (χ0v) is 14.8. The van der Waals surface area contributed by atoms with Crippen molar-refractivity contribution in [1.82, 2.24) is 0 Å². The van der Waals surface area contributed by atoms with Crippen LogP contribution in [0.1, 0.15) is 27.1 Å². The number of carbonyl (C=O) groups is 2. The van der Waals surface area contributed by atoms with Crippen LogP contribution in [0, 0.1) is 20.2 Å². The van der Waals surface area contributed by atoms with Crippen molar-refractivity contribution in [2.24, 2.45) is 5.73 Å². The lowest BCUT2D eigenvalue weighted by molar-refractivity contribution is -0.384. The molecule has 2 rings (SSSR count). The van der Waals surface area contributed by atoms with Gasteiger partial charge in [-0.15, -0.1) is 0 Å². The van der Waals surface area contributed by atoms with Gasteiger partial charge >= 0.3 is 11.9 Å². The summed E-state index contributed by atoms with van der Waals surface area (Å²) in [7, 11) is 0. The molecule has 0 saturated carbocycles. The predicted molar refractivity (Wildman–Crippen MR) is 101 cm³/mol. The van der Waals surface area contributed by atoms with E-state index in [9.17, 15) is 29.8 Å². The van der Waals surface area contributed by atoms with Gasteiger partial charge in [-0.05, 0) is 37.2 Å². The maximum Gasteiger partial charge on any atom is 0.335 e. The molecule has 0 radical (unpaired) electrons. The highest BCUT2D eigenvalue weighted by molar-refractivity contribution is 5.92. The molecular formula is C17H16N4O8. The molecule has 0 aliphatic carbocycles. The number of carboxylic acid groups (broad SMARTS) is 2. The van der Waals surface area contributed by atoms with E-state index in [2.05, 4.69) is 0 Å². The first-order chi connectivity index (χ1) is 13.7. The largest absolute Gasteiger partial charge is 0.478 e. The first-order valence-electron chi connectivity index (χ1n) is 8.18. The molecular weight excluding hydrogens is 388 g/mol. The molecule has 2 aromatic rings. The van der Waals surface area contributed by atoms with E-state index in [0.29, 0.717) is 6.42 Å². The molecule has 0 fully saturated rings. The summed E-state index contributed by atoms with van der Waals surface area (Å²) >= 11 is 0. The van der Waals surface area contributed by atoms with Crippen LogP contribution in [0.15, 0.2) is 36.4 Å². The van der Waals surface area contributed by atoms with Crippen LogP contribution in [-0.4, -0.2) is 45.1 Å². The van der Waals surface area contributed by atoms with Crippen molar-refractivity contribution >= 4 is 34.7 Å². The van der Waals surface area contributed by atoms with E-state index in [0.717, 1.165) is 24.3 Å². The minimum Gasteiger partial charge on any atom is -0.478 e. The van der Waals surface area contributed by atoms with Gasteiger partial charge in [-0.3, -0.25) is 20.2 Å². The molecule has 0 unspecified atom stereocenters. The summed E-state index contributed by atoms with van der Waals surface area (Å²) in [6, 6.07) is 6.32. The smallest absolute Gasteiger partial charge is 0.335 e. The third-order valence-electron chi connectivity index (χ3n) is 4.01. The van der Waals surface area contributed by atoms with Crippen LogP contribution in [0.2, 0.25) is 0 Å². The molecule has 0 aromatic heterocycles. The highest BCUT2D eigenvalue weighted by atomic mass is 16.6. The number of hydrogen-bond donors (Lipinski definition) is 3. The van der Waals surface area contributed by atoms with E-state index in [1.54, 1.807) is 0 Å². The maximum atomic E-state index is 11.5. The van der Waals surface area contributed by atoms with Gasteiger partial charge in [-0.25, -0.2) is 9.59 Å². The summed E-state index contributed by atoms with van der Waals surface area (Å²) in [6.45, 7) is 0.218. The second-order valence-electron chi connectivity index (χ2n) is 5.83. The number of nitro groups is 2. The third-order valence-corrected chi connectivity index (χ3v) is 4.01. The van der Waals surface area contributed by atoms with Gasteiger partial charge in [0.2, 0.25) is 0 Å². The Balaban J connectivity index is 2.73. The standard InChI is InChI=1S/C17H16N4O8/c18-6-1-7-19(12-4-2-10(16(22)23)8-14(12)20(26)27)13-5-3-11(17(24)25)9-15(13)21(28)29/h2-5,8-9H,1,6-7,18H2,(H,22,23)(H,24,25). The van der Waals surface area contributed by atoms with E-state index in [1.807, 2.05) is 0 Å². The molecule has 12 heteroatoms. The number of nitrogens with zero attached hydrogens (tertiary/aromatic N) is 3. The average Bonchev–Trinajstić information content (AvgIpc) is 2.67. The number of aromatic carboxylic acids is 2. The first kappa shape index (κ1) is 21.2. The molecule has 0 atom stereocenters. The lowest BCUT2D eigenvalue weighted by atomic mass is 10.1. The maximum absolute atomic E-state index is 11.5. The van der Waals surface area contributed by atoms with Crippen LogP contribution in [0.3, 0.4) is 0 Å². The lowest BCUT2D eigenvalue weighted by Gasteiger charge is -2.24. The number of hydrogen-bond acceptors (Lipinski definition) is 8. The Morgan fingerprint density at radius 1 is 0.897 bits per heavy atom. The molecule has 4 N–H and O–H groups in total. The molecule has 0 aliphatic heterocycles. The highest BCUT2D eigenvalue weighted by Gasteiger charge is 2.28. The summed E-state index contributed by atoms with van der Waals surface area (Å²) in [4.78, 5) is 45.0. The van der Waals surface area contributed by atoms with Crippen LogP contribution >= 0.6 is 0 Å². The van der Waals surface area contributed by atoms with Crippen molar-refractivity contribution in [3.05, 3.63) is 67.8 Å². The Morgan fingerprint density at radius 3 is 1.62 bits per heavy atom. The van der Waals surface area contributed by atoms with Gasteiger partial charge in [0.15, 0.2) is 0 Å². The van der Waals surface area contributed by atoms with Crippen LogP contribution < -0.4 is 10.6 Å². The molecule has 0 aliphatic rings.